The highest BCUT2D eigenvalue weighted by atomic mass is 35.5. The predicted octanol–water partition coefficient (Wildman–Crippen LogP) is 1.84. The van der Waals surface area contributed by atoms with Gasteiger partial charge in [0.25, 0.3) is 0 Å². The lowest BCUT2D eigenvalue weighted by molar-refractivity contribution is -0.134. The number of halogens is 1. The van der Waals surface area contributed by atoms with Gasteiger partial charge in [0.2, 0.25) is 11.8 Å². The summed E-state index contributed by atoms with van der Waals surface area (Å²) in [6.45, 7) is 3.36. The van der Waals surface area contributed by atoms with E-state index in [1.54, 1.807) is 26.3 Å². The number of piperidine rings is 1. The zero-order valence-corrected chi connectivity index (χ0v) is 17.9. The first kappa shape index (κ1) is 24.2. The van der Waals surface area contributed by atoms with Crippen LogP contribution in [-0.2, 0) is 9.59 Å². The molecule has 2 amide bonds. The Bertz CT molecular complexity index is 621. The summed E-state index contributed by atoms with van der Waals surface area (Å²) in [6, 6.07) is 7.16. The molecule has 1 fully saturated rings. The van der Waals surface area contributed by atoms with Crippen molar-refractivity contribution < 1.29 is 14.3 Å². The first-order valence-corrected chi connectivity index (χ1v) is 9.56. The summed E-state index contributed by atoms with van der Waals surface area (Å²) < 4.78 is 5.14. The van der Waals surface area contributed by atoms with Gasteiger partial charge in [-0.3, -0.25) is 14.5 Å². The number of nitrogens with one attached hydrogen (secondary N) is 2. The average molecular weight is 413 g/mol. The van der Waals surface area contributed by atoms with E-state index < -0.39 is 0 Å². The highest BCUT2D eigenvalue weighted by molar-refractivity contribution is 5.94. The molecule has 1 aliphatic rings. The summed E-state index contributed by atoms with van der Waals surface area (Å²) >= 11 is 0. The van der Waals surface area contributed by atoms with Crippen molar-refractivity contribution in [3.63, 3.8) is 0 Å². The van der Waals surface area contributed by atoms with Crippen LogP contribution in [-0.4, -0.2) is 75.5 Å². The number of hydrogen-bond acceptors (Lipinski definition) is 5. The highest BCUT2D eigenvalue weighted by Gasteiger charge is 2.22. The fraction of sp³-hybridized carbons (Fsp3) is 0.600. The maximum Gasteiger partial charge on any atom is 0.243 e. The fourth-order valence-electron chi connectivity index (χ4n) is 3.30. The van der Waals surface area contributed by atoms with E-state index >= 15 is 0 Å². The molecule has 7 nitrogen and oxygen atoms in total. The monoisotopic (exact) mass is 412 g/mol. The first-order valence-electron chi connectivity index (χ1n) is 9.56. The van der Waals surface area contributed by atoms with Crippen LogP contribution in [0.25, 0.3) is 0 Å². The minimum absolute atomic E-state index is 0. The summed E-state index contributed by atoms with van der Waals surface area (Å²) in [4.78, 5) is 28.3. The van der Waals surface area contributed by atoms with E-state index in [9.17, 15) is 9.59 Å². The van der Waals surface area contributed by atoms with Gasteiger partial charge in [0.1, 0.15) is 5.75 Å². The second-order valence-corrected chi connectivity index (χ2v) is 7.14. The van der Waals surface area contributed by atoms with E-state index in [-0.39, 0.29) is 30.8 Å². The molecule has 0 bridgehead atoms. The number of likely N-dealkylation sites (N-methyl/N-ethyl adjacent to an activating group) is 1. The zero-order chi connectivity index (χ0) is 19.6. The molecular formula is C20H33ClN4O3. The fourth-order valence-corrected chi connectivity index (χ4v) is 3.30. The molecular weight excluding hydrogens is 380 g/mol. The Morgan fingerprint density at radius 3 is 2.64 bits per heavy atom. The van der Waals surface area contributed by atoms with E-state index in [1.807, 2.05) is 19.2 Å². The van der Waals surface area contributed by atoms with Crippen LogP contribution < -0.4 is 15.4 Å². The Kier molecular flexibility index (Phi) is 10.9. The van der Waals surface area contributed by atoms with Crippen LogP contribution in [0.5, 0.6) is 5.75 Å². The number of benzene rings is 1. The van der Waals surface area contributed by atoms with Crippen LogP contribution in [0.15, 0.2) is 24.3 Å². The molecule has 2 N–H and O–H groups in total. The molecule has 1 aromatic carbocycles. The third-order valence-corrected chi connectivity index (χ3v) is 5.03. The largest absolute Gasteiger partial charge is 0.497 e. The van der Waals surface area contributed by atoms with E-state index in [1.165, 1.54) is 11.3 Å². The molecule has 1 aliphatic heterocycles. The van der Waals surface area contributed by atoms with Crippen LogP contribution >= 0.6 is 12.4 Å². The molecule has 0 spiro atoms. The van der Waals surface area contributed by atoms with Crippen LogP contribution in [0.4, 0.5) is 5.69 Å². The summed E-state index contributed by atoms with van der Waals surface area (Å²) in [7, 11) is 5.23. The van der Waals surface area contributed by atoms with Gasteiger partial charge in [-0.2, -0.15) is 0 Å². The van der Waals surface area contributed by atoms with Crippen molar-refractivity contribution in [2.45, 2.75) is 19.3 Å². The molecule has 0 aliphatic carbocycles. The molecule has 1 saturated heterocycles. The van der Waals surface area contributed by atoms with E-state index in [0.29, 0.717) is 18.0 Å². The van der Waals surface area contributed by atoms with E-state index in [2.05, 4.69) is 15.5 Å². The summed E-state index contributed by atoms with van der Waals surface area (Å²) in [5.74, 6) is 1.18. The van der Waals surface area contributed by atoms with Gasteiger partial charge in [-0.25, -0.2) is 0 Å². The number of rotatable bonds is 9. The molecule has 28 heavy (non-hydrogen) atoms. The summed E-state index contributed by atoms with van der Waals surface area (Å²) in [6.07, 6.45) is 3.46. The first-order chi connectivity index (χ1) is 13.0. The molecule has 158 valence electrons. The van der Waals surface area contributed by atoms with Crippen molar-refractivity contribution in [3.05, 3.63) is 24.3 Å². The molecule has 8 heteroatoms. The molecule has 1 heterocycles. The van der Waals surface area contributed by atoms with Crippen molar-refractivity contribution in [1.82, 2.24) is 15.1 Å². The molecule has 0 aromatic heterocycles. The van der Waals surface area contributed by atoms with Gasteiger partial charge in [0.15, 0.2) is 0 Å². The number of nitrogens with zero attached hydrogens (tertiary/aromatic N) is 2. The van der Waals surface area contributed by atoms with Gasteiger partial charge >= 0.3 is 0 Å². The van der Waals surface area contributed by atoms with Crippen LogP contribution in [0.2, 0.25) is 0 Å². The lowest BCUT2D eigenvalue weighted by atomic mass is 9.93. The normalized spacial score (nSPS) is 14.8. The summed E-state index contributed by atoms with van der Waals surface area (Å²) in [5.41, 5.74) is 0.656. The zero-order valence-electron chi connectivity index (χ0n) is 17.1. The number of carbonyl (C=O) groups is 2. The number of carbonyl (C=O) groups excluding carboxylic acids is 2. The van der Waals surface area contributed by atoms with Gasteiger partial charge in [0, 0.05) is 18.8 Å². The third kappa shape index (κ3) is 8.04. The number of ether oxygens (including phenoxy) is 1. The number of methoxy groups -OCH3 is 1. The molecule has 1 aromatic rings. The molecule has 0 saturated carbocycles. The molecule has 0 radical (unpaired) electrons. The van der Waals surface area contributed by atoms with Gasteiger partial charge < -0.3 is 20.3 Å². The van der Waals surface area contributed by atoms with Gasteiger partial charge in [-0.05, 0) is 64.0 Å². The maximum absolute atomic E-state index is 12.4. The van der Waals surface area contributed by atoms with Crippen LogP contribution in [0, 0.1) is 5.92 Å². The number of hydrogen-bond donors (Lipinski definition) is 2. The Morgan fingerprint density at radius 1 is 1.29 bits per heavy atom. The second-order valence-electron chi connectivity index (χ2n) is 7.14. The van der Waals surface area contributed by atoms with Crippen LogP contribution in [0.1, 0.15) is 19.3 Å². The van der Waals surface area contributed by atoms with Crippen LogP contribution in [0.3, 0.4) is 0 Å². The topological polar surface area (TPSA) is 73.9 Å². The number of likely N-dealkylation sites (tertiary alicyclic amines) is 1. The van der Waals surface area contributed by atoms with Crippen molar-refractivity contribution in [2.24, 2.45) is 5.92 Å². The quantitative estimate of drug-likeness (QED) is 0.647. The molecule has 0 atom stereocenters. The lowest BCUT2D eigenvalue weighted by Gasteiger charge is -2.32. The highest BCUT2D eigenvalue weighted by Crippen LogP contribution is 2.20. The third-order valence-electron chi connectivity index (χ3n) is 5.03. The SMILES string of the molecule is CNCCC1CCN(CC(=O)N(C)CC(=O)Nc2cccc(OC)c2)CC1.Cl. The Hall–Kier alpha value is -1.83. The summed E-state index contributed by atoms with van der Waals surface area (Å²) in [5, 5.41) is 6.00. The number of anilines is 1. The minimum Gasteiger partial charge on any atom is -0.497 e. The molecule has 0 unspecified atom stereocenters. The predicted molar refractivity (Wildman–Crippen MR) is 114 cm³/mol. The van der Waals surface area contributed by atoms with Crippen molar-refractivity contribution in [1.29, 1.82) is 0 Å². The van der Waals surface area contributed by atoms with Gasteiger partial charge in [-0.1, -0.05) is 6.07 Å². The second kappa shape index (κ2) is 12.6. The maximum atomic E-state index is 12.4. The Labute approximate surface area is 174 Å². The minimum atomic E-state index is -0.218. The number of amides is 2. The lowest BCUT2D eigenvalue weighted by Crippen LogP contribution is -2.44. The van der Waals surface area contributed by atoms with E-state index in [4.69, 9.17) is 4.74 Å². The molecule has 2 rings (SSSR count). The standard InChI is InChI=1S/C20H32N4O3.ClH/c1-21-10-7-16-8-11-24(12-9-16)15-20(26)23(2)14-19(25)22-17-5-4-6-18(13-17)27-3;/h4-6,13,16,21H,7-12,14-15H2,1-3H3,(H,22,25);1H. The van der Waals surface area contributed by atoms with Crippen molar-refractivity contribution >= 4 is 29.9 Å². The van der Waals surface area contributed by atoms with E-state index in [0.717, 1.165) is 38.4 Å². The smallest absolute Gasteiger partial charge is 0.243 e. The van der Waals surface area contributed by atoms with Crippen molar-refractivity contribution in [3.8, 4) is 5.75 Å². The van der Waals surface area contributed by atoms with Crippen molar-refractivity contribution in [2.75, 3.05) is 59.2 Å². The Morgan fingerprint density at radius 2 is 2.00 bits per heavy atom. The Balaban J connectivity index is 0.00000392. The average Bonchev–Trinajstić information content (AvgIpc) is 2.67. The van der Waals surface area contributed by atoms with Gasteiger partial charge in [-0.15, -0.1) is 12.4 Å². The van der Waals surface area contributed by atoms with Gasteiger partial charge in [0.05, 0.1) is 20.2 Å².